The van der Waals surface area contributed by atoms with E-state index in [2.05, 4.69) is 5.32 Å². The lowest BCUT2D eigenvalue weighted by Gasteiger charge is -2.49. The Hall–Kier alpha value is -3.60. The molecule has 0 aromatic heterocycles. The summed E-state index contributed by atoms with van der Waals surface area (Å²) >= 11 is 0. The molecule has 0 spiro atoms. The molecule has 2 saturated heterocycles. The smallest absolute Gasteiger partial charge is 0.308 e. The maximum atomic E-state index is 12.5. The van der Waals surface area contributed by atoms with Gasteiger partial charge in [0, 0.05) is 12.5 Å². The van der Waals surface area contributed by atoms with Crippen molar-refractivity contribution in [2.24, 2.45) is 0 Å². The highest BCUT2D eigenvalue weighted by atomic mass is 16.7. The maximum absolute atomic E-state index is 12.5. The fourth-order valence-corrected chi connectivity index (χ4v) is 4.92. The molecule has 2 heterocycles. The van der Waals surface area contributed by atoms with Crippen molar-refractivity contribution in [3.63, 3.8) is 0 Å². The van der Waals surface area contributed by atoms with E-state index in [1.54, 1.807) is 0 Å². The predicted octanol–water partition coefficient (Wildman–Crippen LogP) is 4.07. The highest BCUT2D eigenvalue weighted by Gasteiger charge is 2.51. The summed E-state index contributed by atoms with van der Waals surface area (Å²) in [5, 5.41) is 2.94. The second-order valence-electron chi connectivity index (χ2n) is 9.97. The Morgan fingerprint density at radius 2 is 1.46 bits per heavy atom. The van der Waals surface area contributed by atoms with Crippen LogP contribution in [0, 0.1) is 0 Å². The Balaban J connectivity index is 1.29. The second kappa shape index (κ2) is 14.3. The normalized spacial score (nSPS) is 25.6. The number of carbonyl (C=O) groups excluding carboxylic acids is 2. The number of esters is 1. The van der Waals surface area contributed by atoms with Gasteiger partial charge in [-0.25, -0.2) is 0 Å². The minimum Gasteiger partial charge on any atom is -0.461 e. The molecule has 1 amide bonds. The zero-order valence-corrected chi connectivity index (χ0v) is 22.9. The maximum Gasteiger partial charge on any atom is 0.308 e. The third-order valence-electron chi connectivity index (χ3n) is 6.90. The van der Waals surface area contributed by atoms with Gasteiger partial charge in [0.25, 0.3) is 0 Å². The summed E-state index contributed by atoms with van der Waals surface area (Å²) in [6.45, 7) is 2.18. The first kappa shape index (κ1) is 28.9. The first-order valence-corrected chi connectivity index (χ1v) is 13.8. The third kappa shape index (κ3) is 8.00. The summed E-state index contributed by atoms with van der Waals surface area (Å²) in [5.74, 6) is -0.659. The number of hydrogen-bond acceptors (Lipinski definition) is 8. The monoisotopic (exact) mass is 561 g/mol. The van der Waals surface area contributed by atoms with Crippen LogP contribution in [0.5, 0.6) is 0 Å². The van der Waals surface area contributed by atoms with Gasteiger partial charge in [-0.1, -0.05) is 91.0 Å². The van der Waals surface area contributed by atoms with Gasteiger partial charge in [0.1, 0.15) is 31.0 Å². The topological polar surface area (TPSA) is 102 Å². The average Bonchev–Trinajstić information content (AvgIpc) is 3.01. The van der Waals surface area contributed by atoms with Gasteiger partial charge in [-0.2, -0.15) is 0 Å². The molecule has 6 atom stereocenters. The second-order valence-corrected chi connectivity index (χ2v) is 9.97. The SMILES string of the molecule is CC(=O)N[C@H]1[C@@H](OCc2ccccc2)O[C@@H]2CO[C@H](c3ccccc3)O[C@@H]2[C@@H]1OCCC(=O)OCc1ccccc1. The quantitative estimate of drug-likeness (QED) is 0.350. The van der Waals surface area contributed by atoms with E-state index in [1.165, 1.54) is 6.92 Å². The van der Waals surface area contributed by atoms with Gasteiger partial charge in [-0.3, -0.25) is 9.59 Å². The molecule has 2 aliphatic rings. The first-order valence-electron chi connectivity index (χ1n) is 13.8. The number of hydrogen-bond donors (Lipinski definition) is 1. The molecule has 41 heavy (non-hydrogen) atoms. The molecule has 0 radical (unpaired) electrons. The van der Waals surface area contributed by atoms with Crippen LogP contribution in [-0.2, 0) is 51.2 Å². The van der Waals surface area contributed by atoms with Crippen molar-refractivity contribution in [2.75, 3.05) is 13.2 Å². The lowest BCUT2D eigenvalue weighted by Crippen LogP contribution is -2.67. The van der Waals surface area contributed by atoms with Gasteiger partial charge in [-0.15, -0.1) is 0 Å². The van der Waals surface area contributed by atoms with E-state index in [0.29, 0.717) is 0 Å². The molecule has 0 bridgehead atoms. The van der Waals surface area contributed by atoms with E-state index in [0.717, 1.165) is 16.7 Å². The van der Waals surface area contributed by atoms with Gasteiger partial charge < -0.3 is 33.7 Å². The van der Waals surface area contributed by atoms with Crippen molar-refractivity contribution in [2.45, 2.75) is 63.5 Å². The Bertz CT molecular complexity index is 1240. The molecule has 3 aromatic carbocycles. The molecule has 2 aliphatic heterocycles. The minimum atomic E-state index is -0.837. The highest BCUT2D eigenvalue weighted by Crippen LogP contribution is 2.36. The fraction of sp³-hybridized carbons (Fsp3) is 0.375. The standard InChI is InChI=1S/C32H35NO8/c1-22(34)33-28-30(36-18-17-27(35)37-19-23-11-5-2-6-12-23)29-26(21-39-31(41-29)25-15-9-4-10-16-25)40-32(28)38-20-24-13-7-3-8-14-24/h2-16,26,28-32H,17-21H2,1H3,(H,33,34)/t26-,28-,29+,30-,31+,32+/m1/s1. The molecule has 216 valence electrons. The molecular formula is C32H35NO8. The molecule has 9 nitrogen and oxygen atoms in total. The van der Waals surface area contributed by atoms with Crippen LogP contribution in [0.4, 0.5) is 0 Å². The van der Waals surface area contributed by atoms with Crippen molar-refractivity contribution in [3.8, 4) is 0 Å². The number of nitrogens with one attached hydrogen (secondary N) is 1. The summed E-state index contributed by atoms with van der Waals surface area (Å²) < 4.78 is 36.6. The summed E-state index contributed by atoms with van der Waals surface area (Å²) in [4.78, 5) is 24.8. The van der Waals surface area contributed by atoms with E-state index < -0.39 is 36.9 Å². The summed E-state index contributed by atoms with van der Waals surface area (Å²) in [7, 11) is 0. The number of amides is 1. The van der Waals surface area contributed by atoms with Gasteiger partial charge in [0.2, 0.25) is 5.91 Å². The lowest BCUT2D eigenvalue weighted by molar-refractivity contribution is -0.349. The molecule has 0 unspecified atom stereocenters. The lowest BCUT2D eigenvalue weighted by atomic mass is 9.95. The Morgan fingerprint density at radius 1 is 0.829 bits per heavy atom. The summed E-state index contributed by atoms with van der Waals surface area (Å²) in [6.07, 6.45) is -3.24. The summed E-state index contributed by atoms with van der Waals surface area (Å²) in [6, 6.07) is 28.0. The number of benzene rings is 3. The summed E-state index contributed by atoms with van der Waals surface area (Å²) in [5.41, 5.74) is 2.71. The van der Waals surface area contributed by atoms with Gasteiger partial charge in [0.15, 0.2) is 12.6 Å². The van der Waals surface area contributed by atoms with E-state index in [1.807, 2.05) is 91.0 Å². The predicted molar refractivity (Wildman–Crippen MR) is 148 cm³/mol. The molecule has 1 N–H and O–H groups in total. The zero-order chi connectivity index (χ0) is 28.4. The van der Waals surface area contributed by atoms with Crippen molar-refractivity contribution >= 4 is 11.9 Å². The van der Waals surface area contributed by atoms with E-state index in [9.17, 15) is 9.59 Å². The Kier molecular flexibility index (Phi) is 10.1. The zero-order valence-electron chi connectivity index (χ0n) is 22.9. The van der Waals surface area contributed by atoms with Gasteiger partial charge >= 0.3 is 5.97 Å². The third-order valence-corrected chi connectivity index (χ3v) is 6.90. The number of fused-ring (bicyclic) bond motifs is 1. The van der Waals surface area contributed by atoms with Crippen LogP contribution >= 0.6 is 0 Å². The molecule has 9 heteroatoms. The number of ether oxygens (including phenoxy) is 6. The average molecular weight is 562 g/mol. The van der Waals surface area contributed by atoms with Crippen LogP contribution in [0.2, 0.25) is 0 Å². The van der Waals surface area contributed by atoms with Crippen molar-refractivity contribution < 1.29 is 38.0 Å². The van der Waals surface area contributed by atoms with E-state index >= 15 is 0 Å². The molecule has 0 aliphatic carbocycles. The largest absolute Gasteiger partial charge is 0.461 e. The van der Waals surface area contributed by atoms with Crippen LogP contribution in [0.3, 0.4) is 0 Å². The Labute approximate surface area is 239 Å². The first-order chi connectivity index (χ1) is 20.1. The molecule has 5 rings (SSSR count). The van der Waals surface area contributed by atoms with E-state index in [-0.39, 0.29) is 44.7 Å². The van der Waals surface area contributed by atoms with Gasteiger partial charge in [-0.05, 0) is 11.1 Å². The molecule has 2 fully saturated rings. The molecular weight excluding hydrogens is 526 g/mol. The van der Waals surface area contributed by atoms with Crippen LogP contribution in [0.1, 0.15) is 36.3 Å². The van der Waals surface area contributed by atoms with Gasteiger partial charge in [0.05, 0.1) is 26.2 Å². The highest BCUT2D eigenvalue weighted by molar-refractivity contribution is 5.73. The van der Waals surface area contributed by atoms with Crippen LogP contribution in [0.25, 0.3) is 0 Å². The minimum absolute atomic E-state index is 0.0303. The van der Waals surface area contributed by atoms with Crippen LogP contribution in [-0.4, -0.2) is 55.7 Å². The van der Waals surface area contributed by atoms with Crippen LogP contribution in [0.15, 0.2) is 91.0 Å². The number of rotatable bonds is 11. The fourth-order valence-electron chi connectivity index (χ4n) is 4.92. The van der Waals surface area contributed by atoms with Crippen molar-refractivity contribution in [3.05, 3.63) is 108 Å². The molecule has 3 aromatic rings. The van der Waals surface area contributed by atoms with Crippen LogP contribution < -0.4 is 5.32 Å². The number of carbonyl (C=O) groups is 2. The molecule has 0 saturated carbocycles. The van der Waals surface area contributed by atoms with Crippen molar-refractivity contribution in [1.29, 1.82) is 0 Å². The Morgan fingerprint density at radius 3 is 2.12 bits per heavy atom. The van der Waals surface area contributed by atoms with Crippen molar-refractivity contribution in [1.82, 2.24) is 5.32 Å². The van der Waals surface area contributed by atoms with E-state index in [4.69, 9.17) is 28.4 Å².